The van der Waals surface area contributed by atoms with E-state index in [1.807, 2.05) is 19.2 Å². The fraction of sp³-hybridized carbons (Fsp3) is 0.385. The maximum Gasteiger partial charge on any atom is 0.229 e. The van der Waals surface area contributed by atoms with Crippen LogP contribution in [-0.2, 0) is 9.53 Å². The average molecular weight is 473 g/mol. The molecule has 1 aromatic carbocycles. The quantitative estimate of drug-likeness (QED) is 0.424. The average Bonchev–Trinajstić information content (AvgIpc) is 3.67. The minimum atomic E-state index is 0.0177. The zero-order chi connectivity index (χ0) is 23.9. The van der Waals surface area contributed by atoms with Crippen molar-refractivity contribution in [2.45, 2.75) is 31.8 Å². The van der Waals surface area contributed by atoms with Gasteiger partial charge in [0.15, 0.2) is 5.58 Å². The number of methoxy groups -OCH3 is 1. The minimum Gasteiger partial charge on any atom is -0.436 e. The van der Waals surface area contributed by atoms with Gasteiger partial charge in [0.05, 0.1) is 11.7 Å². The standard InChI is InChI=1S/C26H28N6O3/c1-27-24-19-12-28-23(31-25(33)15-5-6-15)11-18(19)20(13-29-24)26-30-21-10-16(7-8-22(21)35-26)32-9-3-4-17(14-32)34-2/h7-8,10-13,15,17H,3-6,9,14H2,1-2H3,(H,27,29)(H,28,31,33)/t17-/m0/s1. The monoisotopic (exact) mass is 472 g/mol. The highest BCUT2D eigenvalue weighted by molar-refractivity contribution is 6.03. The molecule has 2 aliphatic rings. The summed E-state index contributed by atoms with van der Waals surface area (Å²) < 4.78 is 11.7. The Bertz CT molecular complexity index is 1410. The molecule has 6 rings (SSSR count). The number of nitrogens with zero attached hydrogens (tertiary/aromatic N) is 4. The fourth-order valence-corrected chi connectivity index (χ4v) is 4.74. The second kappa shape index (κ2) is 8.81. The first-order valence-corrected chi connectivity index (χ1v) is 12.1. The molecule has 3 aromatic heterocycles. The molecule has 9 nitrogen and oxygen atoms in total. The SMILES string of the molecule is CNc1ncc(-c2nc3cc(N4CCC[C@H](OC)C4)ccc3o2)c2cc(NC(=O)C3CC3)ncc12. The van der Waals surface area contributed by atoms with Crippen molar-refractivity contribution in [2.24, 2.45) is 5.92 Å². The summed E-state index contributed by atoms with van der Waals surface area (Å²) in [5.74, 6) is 1.82. The first kappa shape index (κ1) is 21.8. The number of fused-ring (bicyclic) bond motifs is 2. The van der Waals surface area contributed by atoms with Crippen LogP contribution in [-0.4, -0.2) is 54.2 Å². The van der Waals surface area contributed by atoms with Crippen molar-refractivity contribution in [3.63, 3.8) is 0 Å². The summed E-state index contributed by atoms with van der Waals surface area (Å²) >= 11 is 0. The molecule has 1 amide bonds. The van der Waals surface area contributed by atoms with Gasteiger partial charge in [-0.15, -0.1) is 0 Å². The van der Waals surface area contributed by atoms with Gasteiger partial charge in [0, 0.05) is 62.0 Å². The molecule has 0 unspecified atom stereocenters. The number of anilines is 3. The number of aromatic nitrogens is 3. The summed E-state index contributed by atoms with van der Waals surface area (Å²) in [6.07, 6.45) is 7.79. The lowest BCUT2D eigenvalue weighted by atomic mass is 10.1. The number of oxazole rings is 1. The topological polar surface area (TPSA) is 105 Å². The third-order valence-electron chi connectivity index (χ3n) is 6.89. The number of benzene rings is 1. The largest absolute Gasteiger partial charge is 0.436 e. The number of hydrogen-bond donors (Lipinski definition) is 2. The molecule has 0 bridgehead atoms. The normalized spacial score (nSPS) is 18.2. The van der Waals surface area contributed by atoms with E-state index in [0.717, 1.165) is 66.3 Å². The van der Waals surface area contributed by atoms with E-state index in [-0.39, 0.29) is 17.9 Å². The summed E-state index contributed by atoms with van der Waals surface area (Å²) in [6.45, 7) is 1.87. The summed E-state index contributed by atoms with van der Waals surface area (Å²) in [5.41, 5.74) is 3.37. The third kappa shape index (κ3) is 4.16. The smallest absolute Gasteiger partial charge is 0.229 e. The lowest BCUT2D eigenvalue weighted by Crippen LogP contribution is -2.39. The first-order chi connectivity index (χ1) is 17.1. The van der Waals surface area contributed by atoms with Gasteiger partial charge in [0.2, 0.25) is 11.8 Å². The highest BCUT2D eigenvalue weighted by Crippen LogP contribution is 2.35. The Labute approximate surface area is 202 Å². The Morgan fingerprint density at radius 1 is 1.14 bits per heavy atom. The lowest BCUT2D eigenvalue weighted by molar-refractivity contribution is -0.117. The molecule has 2 N–H and O–H groups in total. The van der Waals surface area contributed by atoms with Crippen molar-refractivity contribution in [3.8, 4) is 11.5 Å². The van der Waals surface area contributed by atoms with Crippen LogP contribution in [0.3, 0.4) is 0 Å². The number of ether oxygens (including phenoxy) is 1. The Morgan fingerprint density at radius 2 is 2.03 bits per heavy atom. The van der Waals surface area contributed by atoms with Crippen molar-refractivity contribution in [2.75, 3.05) is 42.8 Å². The Hall–Kier alpha value is -3.72. The molecule has 2 fully saturated rings. The number of pyridine rings is 2. The molecule has 4 aromatic rings. The van der Waals surface area contributed by atoms with Crippen molar-refractivity contribution >= 4 is 45.1 Å². The molecule has 9 heteroatoms. The van der Waals surface area contributed by atoms with Crippen molar-refractivity contribution in [3.05, 3.63) is 36.7 Å². The second-order valence-electron chi connectivity index (χ2n) is 9.27. The zero-order valence-electron chi connectivity index (χ0n) is 19.9. The van der Waals surface area contributed by atoms with Crippen LogP contribution in [0.15, 0.2) is 41.1 Å². The van der Waals surface area contributed by atoms with Crippen LogP contribution in [0.2, 0.25) is 0 Å². The predicted octanol–water partition coefficient (Wildman–Crippen LogP) is 4.44. The van der Waals surface area contributed by atoms with Gasteiger partial charge in [-0.3, -0.25) is 4.79 Å². The van der Waals surface area contributed by atoms with Gasteiger partial charge in [-0.1, -0.05) is 0 Å². The first-order valence-electron chi connectivity index (χ1n) is 12.1. The molecule has 0 spiro atoms. The Balaban J connectivity index is 1.38. The number of nitrogens with one attached hydrogen (secondary N) is 2. The van der Waals surface area contributed by atoms with E-state index in [4.69, 9.17) is 14.1 Å². The molecule has 180 valence electrons. The second-order valence-corrected chi connectivity index (χ2v) is 9.27. The summed E-state index contributed by atoms with van der Waals surface area (Å²) in [7, 11) is 3.59. The number of carbonyl (C=O) groups is 1. The molecule has 4 heterocycles. The van der Waals surface area contributed by atoms with Gasteiger partial charge in [-0.2, -0.15) is 0 Å². The molecule has 0 radical (unpaired) electrons. The summed E-state index contributed by atoms with van der Waals surface area (Å²) in [4.78, 5) is 28.4. The van der Waals surface area contributed by atoms with Gasteiger partial charge < -0.3 is 24.7 Å². The van der Waals surface area contributed by atoms with E-state index < -0.39 is 0 Å². The molecule has 1 saturated heterocycles. The Morgan fingerprint density at radius 3 is 2.83 bits per heavy atom. The van der Waals surface area contributed by atoms with Crippen molar-refractivity contribution in [1.29, 1.82) is 0 Å². The van der Waals surface area contributed by atoms with Crippen LogP contribution < -0.4 is 15.5 Å². The van der Waals surface area contributed by atoms with Crippen LogP contribution in [0.5, 0.6) is 0 Å². The van der Waals surface area contributed by atoms with Crippen molar-refractivity contribution in [1.82, 2.24) is 15.0 Å². The van der Waals surface area contributed by atoms with E-state index in [1.165, 1.54) is 0 Å². The summed E-state index contributed by atoms with van der Waals surface area (Å²) in [6, 6.07) is 7.98. The predicted molar refractivity (Wildman–Crippen MR) is 136 cm³/mol. The van der Waals surface area contributed by atoms with Crippen LogP contribution in [0.4, 0.5) is 17.3 Å². The van der Waals surface area contributed by atoms with E-state index >= 15 is 0 Å². The van der Waals surface area contributed by atoms with Gasteiger partial charge in [0.1, 0.15) is 17.2 Å². The number of hydrogen-bond acceptors (Lipinski definition) is 8. The molecule has 1 aliphatic heterocycles. The number of rotatable bonds is 6. The van der Waals surface area contributed by atoms with Gasteiger partial charge in [-0.25, -0.2) is 15.0 Å². The van der Waals surface area contributed by atoms with Crippen LogP contribution >= 0.6 is 0 Å². The lowest BCUT2D eigenvalue weighted by Gasteiger charge is -2.33. The minimum absolute atomic E-state index is 0.0177. The van der Waals surface area contributed by atoms with E-state index in [0.29, 0.717) is 23.1 Å². The highest BCUT2D eigenvalue weighted by atomic mass is 16.5. The highest BCUT2D eigenvalue weighted by Gasteiger charge is 2.30. The van der Waals surface area contributed by atoms with E-state index in [1.54, 1.807) is 19.5 Å². The third-order valence-corrected chi connectivity index (χ3v) is 6.89. The zero-order valence-corrected chi connectivity index (χ0v) is 19.9. The van der Waals surface area contributed by atoms with Crippen LogP contribution in [0.25, 0.3) is 33.3 Å². The molecular formula is C26H28N6O3. The maximum atomic E-state index is 12.3. The van der Waals surface area contributed by atoms with Gasteiger partial charge >= 0.3 is 0 Å². The molecular weight excluding hydrogens is 444 g/mol. The van der Waals surface area contributed by atoms with Crippen LogP contribution in [0, 0.1) is 5.92 Å². The van der Waals surface area contributed by atoms with Gasteiger partial charge in [0.25, 0.3) is 0 Å². The number of amides is 1. The van der Waals surface area contributed by atoms with E-state index in [9.17, 15) is 4.79 Å². The maximum absolute atomic E-state index is 12.3. The van der Waals surface area contributed by atoms with E-state index in [2.05, 4.69) is 37.6 Å². The molecule has 1 atom stereocenters. The number of piperidine rings is 1. The molecule has 1 aliphatic carbocycles. The summed E-state index contributed by atoms with van der Waals surface area (Å²) in [5, 5.41) is 7.73. The fourth-order valence-electron chi connectivity index (χ4n) is 4.74. The Kier molecular flexibility index (Phi) is 5.49. The van der Waals surface area contributed by atoms with Crippen molar-refractivity contribution < 1.29 is 13.9 Å². The van der Waals surface area contributed by atoms with Gasteiger partial charge in [-0.05, 0) is 49.9 Å². The van der Waals surface area contributed by atoms with Crippen LogP contribution in [0.1, 0.15) is 25.7 Å². The molecule has 35 heavy (non-hydrogen) atoms. The molecule has 1 saturated carbocycles. The number of carbonyl (C=O) groups excluding carboxylic acids is 1.